The quantitative estimate of drug-likeness (QED) is 0.783. The molecule has 1 saturated heterocycles. The van der Waals surface area contributed by atoms with Gasteiger partial charge in [-0.2, -0.15) is 0 Å². The van der Waals surface area contributed by atoms with E-state index in [-0.39, 0.29) is 0 Å². The van der Waals surface area contributed by atoms with Gasteiger partial charge in [-0.1, -0.05) is 0 Å². The lowest BCUT2D eigenvalue weighted by Crippen LogP contribution is -2.48. The van der Waals surface area contributed by atoms with Gasteiger partial charge in [0.2, 0.25) is 0 Å². The number of hydrogen-bond donors (Lipinski definition) is 0. The Morgan fingerprint density at radius 1 is 1.21 bits per heavy atom. The van der Waals surface area contributed by atoms with Crippen molar-refractivity contribution >= 4 is 11.4 Å². The van der Waals surface area contributed by atoms with Crippen LogP contribution in [-0.4, -0.2) is 44.2 Å². The number of anilines is 1. The van der Waals surface area contributed by atoms with Crippen LogP contribution in [-0.2, 0) is 0 Å². The van der Waals surface area contributed by atoms with E-state index in [0.717, 1.165) is 31.9 Å². The fourth-order valence-electron chi connectivity index (χ4n) is 2.43. The fourth-order valence-corrected chi connectivity index (χ4v) is 2.43. The summed E-state index contributed by atoms with van der Waals surface area (Å²) in [6.07, 6.45) is 0. The Bertz CT molecular complexity index is 440. The van der Waals surface area contributed by atoms with Gasteiger partial charge in [-0.05, 0) is 31.2 Å². The molecule has 0 atom stereocenters. The van der Waals surface area contributed by atoms with E-state index >= 15 is 0 Å². The monoisotopic (exact) mass is 263 g/mol. The molecule has 0 bridgehead atoms. The molecule has 1 aliphatic rings. The molecule has 0 N–H and O–H groups in total. The predicted octanol–water partition coefficient (Wildman–Crippen LogP) is 2.62. The van der Waals surface area contributed by atoms with Gasteiger partial charge in [-0.25, -0.2) is 0 Å². The average Bonchev–Trinajstić information content (AvgIpc) is 2.46. The number of hydrogen-bond acceptors (Lipinski definition) is 5. The van der Waals surface area contributed by atoms with Crippen LogP contribution in [0.3, 0.4) is 0 Å². The molecule has 0 unspecified atom stereocenters. The molecule has 19 heavy (non-hydrogen) atoms. The molecule has 0 aliphatic carbocycles. The van der Waals surface area contributed by atoms with Gasteiger partial charge in [0.25, 0.3) is 0 Å². The van der Waals surface area contributed by atoms with Crippen LogP contribution in [0.1, 0.15) is 13.8 Å². The average molecular weight is 263 g/mol. The maximum atomic E-state index is 10.6. The lowest BCUT2D eigenvalue weighted by atomic mass is 10.2. The first-order valence-electron chi connectivity index (χ1n) is 6.66. The number of benzene rings is 1. The third-order valence-electron chi connectivity index (χ3n) is 3.67. The Kier molecular flexibility index (Phi) is 4.37. The van der Waals surface area contributed by atoms with Gasteiger partial charge in [-0.15, -0.1) is 4.91 Å². The number of nitrogens with zero attached hydrogens (tertiary/aromatic N) is 3. The fraction of sp³-hybridized carbons (Fsp3) is 0.571. The minimum Gasteiger partial charge on any atom is -0.494 e. The van der Waals surface area contributed by atoms with E-state index in [1.165, 1.54) is 0 Å². The van der Waals surface area contributed by atoms with Crippen LogP contribution in [0.5, 0.6) is 5.75 Å². The molecule has 0 aromatic heterocycles. The van der Waals surface area contributed by atoms with Gasteiger partial charge in [-0.3, -0.25) is 4.90 Å². The predicted molar refractivity (Wildman–Crippen MR) is 77.4 cm³/mol. The second-order valence-corrected chi connectivity index (χ2v) is 5.06. The molecule has 1 aliphatic heterocycles. The molecular weight excluding hydrogens is 242 g/mol. The van der Waals surface area contributed by atoms with E-state index in [1.807, 2.05) is 12.1 Å². The molecular formula is C14H21N3O2. The van der Waals surface area contributed by atoms with Crippen LogP contribution in [0.2, 0.25) is 0 Å². The third-order valence-corrected chi connectivity index (χ3v) is 3.67. The molecule has 1 aromatic carbocycles. The van der Waals surface area contributed by atoms with Crippen LogP contribution in [0, 0.1) is 4.91 Å². The summed E-state index contributed by atoms with van der Waals surface area (Å²) in [7, 11) is 1.56. The van der Waals surface area contributed by atoms with Crippen LogP contribution in [0.4, 0.5) is 11.4 Å². The van der Waals surface area contributed by atoms with Gasteiger partial charge in [0.05, 0.1) is 7.11 Å². The first kappa shape index (κ1) is 13.8. The van der Waals surface area contributed by atoms with Crippen LogP contribution in [0.15, 0.2) is 23.4 Å². The van der Waals surface area contributed by atoms with Gasteiger partial charge >= 0.3 is 0 Å². The molecule has 5 heteroatoms. The summed E-state index contributed by atoms with van der Waals surface area (Å²) in [5, 5.41) is 2.96. The van der Waals surface area contributed by atoms with Crippen molar-refractivity contribution in [2.45, 2.75) is 19.9 Å². The summed E-state index contributed by atoms with van der Waals surface area (Å²) in [6.45, 7) is 8.57. The minimum atomic E-state index is 0.354. The van der Waals surface area contributed by atoms with Crippen molar-refractivity contribution in [2.24, 2.45) is 5.18 Å². The zero-order chi connectivity index (χ0) is 13.8. The summed E-state index contributed by atoms with van der Waals surface area (Å²) >= 11 is 0. The summed E-state index contributed by atoms with van der Waals surface area (Å²) in [5.41, 5.74) is 1.44. The molecule has 1 aromatic rings. The van der Waals surface area contributed by atoms with E-state index in [2.05, 4.69) is 28.8 Å². The zero-order valence-corrected chi connectivity index (χ0v) is 11.8. The first-order chi connectivity index (χ1) is 9.15. The normalized spacial score (nSPS) is 16.7. The molecule has 1 fully saturated rings. The summed E-state index contributed by atoms with van der Waals surface area (Å²) in [5.74, 6) is 0.541. The van der Waals surface area contributed by atoms with Crippen LogP contribution >= 0.6 is 0 Å². The third kappa shape index (κ3) is 3.04. The van der Waals surface area contributed by atoms with Gasteiger partial charge < -0.3 is 9.64 Å². The Labute approximate surface area is 114 Å². The van der Waals surface area contributed by atoms with Crippen molar-refractivity contribution in [3.63, 3.8) is 0 Å². The molecule has 2 rings (SSSR count). The van der Waals surface area contributed by atoms with Crippen molar-refractivity contribution in [2.75, 3.05) is 38.2 Å². The molecule has 1 heterocycles. The molecule has 5 nitrogen and oxygen atoms in total. The Hall–Kier alpha value is -1.62. The zero-order valence-electron chi connectivity index (χ0n) is 11.8. The lowest BCUT2D eigenvalue weighted by molar-refractivity contribution is 0.209. The van der Waals surface area contributed by atoms with Crippen molar-refractivity contribution in [1.29, 1.82) is 0 Å². The van der Waals surface area contributed by atoms with Crippen LogP contribution in [0.25, 0.3) is 0 Å². The van der Waals surface area contributed by atoms with Crippen molar-refractivity contribution in [3.8, 4) is 5.75 Å². The number of methoxy groups -OCH3 is 1. The van der Waals surface area contributed by atoms with Crippen molar-refractivity contribution < 1.29 is 4.74 Å². The molecule has 0 spiro atoms. The standard InChI is InChI=1S/C14H21N3O2/c1-11(2)16-6-8-17(9-7-16)12-4-5-13(15-18)14(10-12)19-3/h4-5,10-11H,6-9H2,1-3H3. The highest BCUT2D eigenvalue weighted by molar-refractivity contribution is 5.62. The summed E-state index contributed by atoms with van der Waals surface area (Å²) in [4.78, 5) is 15.4. The van der Waals surface area contributed by atoms with E-state index in [9.17, 15) is 4.91 Å². The topological polar surface area (TPSA) is 45.1 Å². The largest absolute Gasteiger partial charge is 0.494 e. The second kappa shape index (κ2) is 6.02. The second-order valence-electron chi connectivity index (χ2n) is 5.06. The SMILES string of the molecule is COc1cc(N2CCN(C(C)C)CC2)ccc1N=O. The van der Waals surface area contributed by atoms with Gasteiger partial charge in [0.1, 0.15) is 11.4 Å². The summed E-state index contributed by atoms with van der Waals surface area (Å²) in [6, 6.07) is 6.14. The molecule has 0 radical (unpaired) electrons. The maximum absolute atomic E-state index is 10.6. The Morgan fingerprint density at radius 2 is 1.89 bits per heavy atom. The Balaban J connectivity index is 2.09. The van der Waals surface area contributed by atoms with E-state index in [0.29, 0.717) is 17.5 Å². The van der Waals surface area contributed by atoms with Crippen molar-refractivity contribution in [1.82, 2.24) is 4.90 Å². The highest BCUT2D eigenvalue weighted by Gasteiger charge is 2.19. The number of rotatable bonds is 4. The number of ether oxygens (including phenoxy) is 1. The van der Waals surface area contributed by atoms with Gasteiger partial charge in [0, 0.05) is 44.0 Å². The van der Waals surface area contributed by atoms with Crippen molar-refractivity contribution in [3.05, 3.63) is 23.1 Å². The van der Waals surface area contributed by atoms with E-state index < -0.39 is 0 Å². The molecule has 0 amide bonds. The summed E-state index contributed by atoms with van der Waals surface area (Å²) < 4.78 is 5.20. The number of nitroso groups, excluding NO2 is 1. The smallest absolute Gasteiger partial charge is 0.150 e. The molecule has 0 saturated carbocycles. The van der Waals surface area contributed by atoms with Gasteiger partial charge in [0.15, 0.2) is 0 Å². The lowest BCUT2D eigenvalue weighted by Gasteiger charge is -2.38. The maximum Gasteiger partial charge on any atom is 0.150 e. The highest BCUT2D eigenvalue weighted by atomic mass is 16.5. The first-order valence-corrected chi connectivity index (χ1v) is 6.66. The highest BCUT2D eigenvalue weighted by Crippen LogP contribution is 2.32. The van der Waals surface area contributed by atoms with Crippen LogP contribution < -0.4 is 9.64 Å². The molecule has 104 valence electrons. The number of piperazine rings is 1. The van der Waals surface area contributed by atoms with E-state index in [1.54, 1.807) is 13.2 Å². The Morgan fingerprint density at radius 3 is 2.42 bits per heavy atom. The van der Waals surface area contributed by atoms with E-state index in [4.69, 9.17) is 4.74 Å². The minimum absolute atomic E-state index is 0.354.